The highest BCUT2D eigenvalue weighted by molar-refractivity contribution is 6.30. The van der Waals surface area contributed by atoms with E-state index in [4.69, 9.17) is 11.6 Å². The molecule has 2 bridgehead atoms. The van der Waals surface area contributed by atoms with E-state index in [2.05, 4.69) is 22.5 Å². The fourth-order valence-electron chi connectivity index (χ4n) is 4.11. The zero-order chi connectivity index (χ0) is 16.2. The Morgan fingerprint density at radius 2 is 1.87 bits per heavy atom. The molecule has 2 atom stereocenters. The molecule has 4 nitrogen and oxygen atoms in total. The van der Waals surface area contributed by atoms with Gasteiger partial charge in [-0.1, -0.05) is 24.9 Å². The number of hydrogen-bond acceptors (Lipinski definition) is 2. The summed E-state index contributed by atoms with van der Waals surface area (Å²) in [7, 11) is 0. The number of benzene rings is 1. The fraction of sp³-hybridized carbons (Fsp3) is 0.611. The number of fused-ring (bicyclic) bond motifs is 2. The van der Waals surface area contributed by atoms with Gasteiger partial charge in [-0.2, -0.15) is 0 Å². The maximum absolute atomic E-state index is 12.2. The molecule has 2 fully saturated rings. The molecule has 0 saturated carbocycles. The Bertz CT molecular complexity index is 520. The van der Waals surface area contributed by atoms with Gasteiger partial charge in [0.2, 0.25) is 0 Å². The third-order valence-corrected chi connectivity index (χ3v) is 5.30. The summed E-state index contributed by atoms with van der Waals surface area (Å²) in [6.07, 6.45) is 7.23. The molecule has 126 valence electrons. The molecule has 2 saturated heterocycles. The van der Waals surface area contributed by atoms with Crippen LogP contribution in [0.15, 0.2) is 24.3 Å². The van der Waals surface area contributed by atoms with E-state index in [0.29, 0.717) is 17.1 Å². The van der Waals surface area contributed by atoms with Crippen LogP contribution in [-0.2, 0) is 0 Å². The van der Waals surface area contributed by atoms with Gasteiger partial charge in [0.15, 0.2) is 0 Å². The molecule has 0 spiro atoms. The van der Waals surface area contributed by atoms with Crippen LogP contribution in [0.4, 0.5) is 10.5 Å². The van der Waals surface area contributed by atoms with Gasteiger partial charge in [0.1, 0.15) is 0 Å². The van der Waals surface area contributed by atoms with Crippen molar-refractivity contribution in [2.45, 2.75) is 63.6 Å². The lowest BCUT2D eigenvalue weighted by Crippen LogP contribution is -2.57. The lowest BCUT2D eigenvalue weighted by Gasteiger charge is -2.49. The second-order valence-corrected chi connectivity index (χ2v) is 7.19. The first kappa shape index (κ1) is 16.6. The Hall–Kier alpha value is -1.26. The summed E-state index contributed by atoms with van der Waals surface area (Å²) in [5.41, 5.74) is 0.774. The molecule has 0 aromatic heterocycles. The van der Waals surface area contributed by atoms with Crippen LogP contribution < -0.4 is 10.6 Å². The van der Waals surface area contributed by atoms with Crippen molar-refractivity contribution in [1.29, 1.82) is 0 Å². The predicted molar refractivity (Wildman–Crippen MR) is 95.1 cm³/mol. The quantitative estimate of drug-likeness (QED) is 0.863. The normalized spacial score (nSPS) is 27.5. The topological polar surface area (TPSA) is 44.4 Å². The third kappa shape index (κ3) is 4.18. The van der Waals surface area contributed by atoms with E-state index in [1.165, 1.54) is 32.2 Å². The summed E-state index contributed by atoms with van der Waals surface area (Å²) in [5.74, 6) is 0. The van der Waals surface area contributed by atoms with Crippen LogP contribution in [0.3, 0.4) is 0 Å². The number of hydrogen-bond donors (Lipinski definition) is 2. The number of urea groups is 1. The number of piperidine rings is 2. The zero-order valence-corrected chi connectivity index (χ0v) is 14.5. The Morgan fingerprint density at radius 3 is 2.48 bits per heavy atom. The van der Waals surface area contributed by atoms with Gasteiger partial charge in [-0.25, -0.2) is 4.79 Å². The van der Waals surface area contributed by atoms with Gasteiger partial charge in [-0.15, -0.1) is 0 Å². The SMILES string of the molecule is CCCN1C2CCCC1CC(NC(=O)Nc1ccc(Cl)cc1)C2. The first-order chi connectivity index (χ1) is 11.2. The van der Waals surface area contributed by atoms with E-state index in [1.54, 1.807) is 12.1 Å². The largest absolute Gasteiger partial charge is 0.335 e. The Kier molecular flexibility index (Phi) is 5.44. The van der Waals surface area contributed by atoms with Crippen LogP contribution in [0.5, 0.6) is 0 Å². The van der Waals surface area contributed by atoms with Gasteiger partial charge in [-0.3, -0.25) is 4.90 Å². The highest BCUT2D eigenvalue weighted by atomic mass is 35.5. The Balaban J connectivity index is 1.54. The molecule has 5 heteroatoms. The molecule has 23 heavy (non-hydrogen) atoms. The minimum atomic E-state index is -0.112. The van der Waals surface area contributed by atoms with E-state index in [9.17, 15) is 4.79 Å². The van der Waals surface area contributed by atoms with Gasteiger partial charge >= 0.3 is 6.03 Å². The first-order valence-corrected chi connectivity index (χ1v) is 9.12. The van der Waals surface area contributed by atoms with Crippen molar-refractivity contribution in [2.24, 2.45) is 0 Å². The second-order valence-electron chi connectivity index (χ2n) is 6.75. The van der Waals surface area contributed by atoms with Crippen molar-refractivity contribution >= 4 is 23.3 Å². The van der Waals surface area contributed by atoms with Crippen molar-refractivity contribution in [2.75, 3.05) is 11.9 Å². The standard InChI is InChI=1S/C18H26ClN3O/c1-2-10-22-16-4-3-5-17(22)12-15(11-16)21-18(23)20-14-8-6-13(19)7-9-14/h6-9,15-17H,2-5,10-12H2,1H3,(H2,20,21,23). The molecule has 2 heterocycles. The van der Waals surface area contributed by atoms with Crippen molar-refractivity contribution in [1.82, 2.24) is 10.2 Å². The van der Waals surface area contributed by atoms with E-state index < -0.39 is 0 Å². The van der Waals surface area contributed by atoms with Gasteiger partial charge in [0.05, 0.1) is 0 Å². The molecule has 0 radical (unpaired) electrons. The summed E-state index contributed by atoms with van der Waals surface area (Å²) in [4.78, 5) is 14.9. The summed E-state index contributed by atoms with van der Waals surface area (Å²) in [6.45, 7) is 3.44. The number of rotatable bonds is 4. The van der Waals surface area contributed by atoms with Crippen LogP contribution in [0.1, 0.15) is 45.4 Å². The number of amides is 2. The monoisotopic (exact) mass is 335 g/mol. The summed E-state index contributed by atoms with van der Waals surface area (Å²) in [6, 6.07) is 8.66. The molecule has 3 rings (SSSR count). The van der Waals surface area contributed by atoms with E-state index in [0.717, 1.165) is 18.5 Å². The molecular formula is C18H26ClN3O. The number of carbonyl (C=O) groups excluding carboxylic acids is 1. The van der Waals surface area contributed by atoms with Gasteiger partial charge in [0, 0.05) is 28.8 Å². The Morgan fingerprint density at radius 1 is 1.22 bits per heavy atom. The van der Waals surface area contributed by atoms with Crippen LogP contribution >= 0.6 is 11.6 Å². The molecule has 2 amide bonds. The predicted octanol–water partition coefficient (Wildman–Crippen LogP) is 4.26. The van der Waals surface area contributed by atoms with Crippen LogP contribution in [0, 0.1) is 0 Å². The number of nitrogens with one attached hydrogen (secondary N) is 2. The highest BCUT2D eigenvalue weighted by Crippen LogP contribution is 2.34. The van der Waals surface area contributed by atoms with Crippen molar-refractivity contribution in [3.8, 4) is 0 Å². The minimum Gasteiger partial charge on any atom is -0.335 e. The fourth-order valence-corrected chi connectivity index (χ4v) is 4.23. The average molecular weight is 336 g/mol. The van der Waals surface area contributed by atoms with Crippen LogP contribution in [0.25, 0.3) is 0 Å². The molecule has 2 unspecified atom stereocenters. The smallest absolute Gasteiger partial charge is 0.319 e. The number of halogens is 1. The van der Waals surface area contributed by atoms with E-state index in [-0.39, 0.29) is 12.1 Å². The molecule has 2 N–H and O–H groups in total. The lowest BCUT2D eigenvalue weighted by molar-refractivity contribution is 0.0272. The van der Waals surface area contributed by atoms with Crippen LogP contribution in [-0.4, -0.2) is 35.6 Å². The van der Waals surface area contributed by atoms with E-state index in [1.807, 2.05) is 12.1 Å². The summed E-state index contributed by atoms with van der Waals surface area (Å²) >= 11 is 5.86. The summed E-state index contributed by atoms with van der Waals surface area (Å²) in [5, 5.41) is 6.73. The maximum Gasteiger partial charge on any atom is 0.319 e. The Labute approximate surface area is 143 Å². The lowest BCUT2D eigenvalue weighted by atomic mass is 9.81. The molecule has 2 aliphatic heterocycles. The van der Waals surface area contributed by atoms with Crippen molar-refractivity contribution in [3.05, 3.63) is 29.3 Å². The second kappa shape index (κ2) is 7.54. The molecule has 1 aromatic carbocycles. The van der Waals surface area contributed by atoms with Gasteiger partial charge < -0.3 is 10.6 Å². The number of anilines is 1. The molecular weight excluding hydrogens is 310 g/mol. The van der Waals surface area contributed by atoms with Crippen LogP contribution in [0.2, 0.25) is 5.02 Å². The number of nitrogens with zero attached hydrogens (tertiary/aromatic N) is 1. The van der Waals surface area contributed by atoms with Crippen molar-refractivity contribution in [3.63, 3.8) is 0 Å². The zero-order valence-electron chi connectivity index (χ0n) is 13.7. The average Bonchev–Trinajstić information content (AvgIpc) is 2.50. The highest BCUT2D eigenvalue weighted by Gasteiger charge is 2.37. The third-order valence-electron chi connectivity index (χ3n) is 5.05. The molecule has 0 aliphatic carbocycles. The number of carbonyl (C=O) groups is 1. The molecule has 1 aromatic rings. The first-order valence-electron chi connectivity index (χ1n) is 8.74. The van der Waals surface area contributed by atoms with Crippen molar-refractivity contribution < 1.29 is 4.79 Å². The molecule has 2 aliphatic rings. The summed E-state index contributed by atoms with van der Waals surface area (Å²) < 4.78 is 0. The van der Waals surface area contributed by atoms with E-state index >= 15 is 0 Å². The van der Waals surface area contributed by atoms with Gasteiger partial charge in [-0.05, 0) is 62.9 Å². The maximum atomic E-state index is 12.2. The minimum absolute atomic E-state index is 0.112. The van der Waals surface area contributed by atoms with Gasteiger partial charge in [0.25, 0.3) is 0 Å².